The van der Waals surface area contributed by atoms with Crippen LogP contribution in [0.2, 0.25) is 0 Å². The Balaban J connectivity index is 2.70. The second kappa shape index (κ2) is 4.27. The van der Waals surface area contributed by atoms with Crippen molar-refractivity contribution in [3.63, 3.8) is 0 Å². The Morgan fingerprint density at radius 1 is 1.38 bits per heavy atom. The monoisotopic (exact) mass is 299 g/mol. The molecule has 2 rings (SSSR count). The van der Waals surface area contributed by atoms with E-state index in [0.717, 1.165) is 0 Å². The number of anilines is 1. The van der Waals surface area contributed by atoms with E-state index in [1.54, 1.807) is 20.8 Å². The van der Waals surface area contributed by atoms with Gasteiger partial charge < -0.3 is 15.6 Å². The van der Waals surface area contributed by atoms with Crippen molar-refractivity contribution in [2.24, 2.45) is 5.41 Å². The van der Waals surface area contributed by atoms with Crippen molar-refractivity contribution in [3.05, 3.63) is 22.7 Å². The summed E-state index contributed by atoms with van der Waals surface area (Å²) < 4.78 is 22.5. The molecule has 0 aromatic carbocycles. The van der Waals surface area contributed by atoms with Gasteiger partial charge in [0.1, 0.15) is 17.1 Å². The van der Waals surface area contributed by atoms with Crippen molar-refractivity contribution in [2.75, 3.05) is 12.3 Å². The van der Waals surface area contributed by atoms with Gasteiger partial charge in [0.15, 0.2) is 5.72 Å². The van der Waals surface area contributed by atoms with Gasteiger partial charge in [0.2, 0.25) is 0 Å². The number of aromatic nitrogens is 2. The third kappa shape index (κ3) is 1.77. The van der Waals surface area contributed by atoms with Crippen LogP contribution >= 0.6 is 0 Å². The minimum Gasteiger partial charge on any atom is -0.393 e. The van der Waals surface area contributed by atoms with E-state index in [0.29, 0.717) is 0 Å². The molecule has 1 aliphatic rings. The molecule has 3 atom stereocenters. The van der Waals surface area contributed by atoms with Crippen molar-refractivity contribution < 1.29 is 14.2 Å². The summed E-state index contributed by atoms with van der Waals surface area (Å²) in [4.78, 5) is 15.8. The van der Waals surface area contributed by atoms with Gasteiger partial charge in [0.25, 0.3) is 0 Å². The Labute approximate surface area is 122 Å². The Morgan fingerprint density at radius 2 is 1.95 bits per heavy atom. The van der Waals surface area contributed by atoms with E-state index in [1.165, 1.54) is 30.7 Å². The molecule has 0 spiro atoms. The summed E-state index contributed by atoms with van der Waals surface area (Å²) >= 11 is 0. The first-order chi connectivity index (χ1) is 9.43. The van der Waals surface area contributed by atoms with Gasteiger partial charge in [-0.2, -0.15) is 4.98 Å². The molecule has 0 radical (unpaired) electrons. The summed E-state index contributed by atoms with van der Waals surface area (Å²) in [7, 11) is 0. The van der Waals surface area contributed by atoms with Crippen LogP contribution in [-0.4, -0.2) is 32.5 Å². The lowest BCUT2D eigenvalue weighted by Crippen LogP contribution is -2.55. The molecule has 21 heavy (non-hydrogen) atoms. The molecule has 0 amide bonds. The molecule has 1 fully saturated rings. The van der Waals surface area contributed by atoms with Crippen LogP contribution in [0.3, 0.4) is 0 Å². The minimum atomic E-state index is -1.87. The molecule has 6 nitrogen and oxygen atoms in total. The van der Waals surface area contributed by atoms with Crippen molar-refractivity contribution in [1.82, 2.24) is 9.55 Å². The molecule has 1 aliphatic heterocycles. The molecule has 1 aromatic heterocycles. The molecule has 3 N–H and O–H groups in total. The van der Waals surface area contributed by atoms with E-state index in [-0.39, 0.29) is 5.82 Å². The molecule has 3 unspecified atom stereocenters. The second-order valence-electron chi connectivity index (χ2n) is 6.61. The lowest BCUT2D eigenvalue weighted by molar-refractivity contribution is -0.177. The van der Waals surface area contributed by atoms with Crippen molar-refractivity contribution in [3.8, 4) is 0 Å². The van der Waals surface area contributed by atoms with E-state index in [9.17, 15) is 9.90 Å². The van der Waals surface area contributed by atoms with Crippen LogP contribution in [0.25, 0.3) is 0 Å². The number of nitrogens with two attached hydrogens (primary N) is 1. The average Bonchev–Trinajstić information content (AvgIpc) is 2.46. The van der Waals surface area contributed by atoms with Crippen molar-refractivity contribution in [1.29, 1.82) is 0 Å². The molecular formula is C14H22FN3O3. The maximum Gasteiger partial charge on any atom is 0.351 e. The molecule has 2 heterocycles. The lowest BCUT2D eigenvalue weighted by atomic mass is 9.67. The Bertz CT molecular complexity index is 628. The third-order valence-corrected chi connectivity index (χ3v) is 5.34. The summed E-state index contributed by atoms with van der Waals surface area (Å²) in [6.45, 7) is 7.31. The molecular weight excluding hydrogens is 277 g/mol. The number of nitrogens with zero attached hydrogens (tertiary/aromatic N) is 2. The maximum absolute atomic E-state index is 15.4. The quantitative estimate of drug-likeness (QED) is 0.851. The fourth-order valence-corrected chi connectivity index (χ4v) is 3.03. The molecule has 7 heteroatoms. The van der Waals surface area contributed by atoms with Gasteiger partial charge in [0, 0.05) is 11.6 Å². The highest BCUT2D eigenvalue weighted by Gasteiger charge is 2.72. The Hall–Kier alpha value is -1.47. The number of ether oxygens (including phenoxy) is 1. The molecule has 0 aliphatic carbocycles. The van der Waals surface area contributed by atoms with Gasteiger partial charge in [0.05, 0.1) is 6.61 Å². The highest BCUT2D eigenvalue weighted by atomic mass is 19.1. The normalized spacial score (nSPS) is 38.6. The maximum atomic E-state index is 15.4. The molecule has 1 saturated heterocycles. The molecule has 1 aromatic rings. The number of nitrogen functional groups attached to an aromatic ring is 1. The summed E-state index contributed by atoms with van der Waals surface area (Å²) in [6.07, 6.45) is 1.44. The number of aliphatic hydroxyl groups is 1. The third-order valence-electron chi connectivity index (χ3n) is 5.34. The van der Waals surface area contributed by atoms with Gasteiger partial charge in [-0.15, -0.1) is 0 Å². The van der Waals surface area contributed by atoms with Crippen LogP contribution in [0.5, 0.6) is 0 Å². The zero-order valence-corrected chi connectivity index (χ0v) is 13.0. The predicted octanol–water partition coefficient (Wildman–Crippen LogP) is 1.03. The van der Waals surface area contributed by atoms with Crippen LogP contribution in [0, 0.1) is 5.41 Å². The highest BCUT2D eigenvalue weighted by molar-refractivity contribution is 5.25. The summed E-state index contributed by atoms with van der Waals surface area (Å²) in [6, 6.07) is 1.45. The largest absolute Gasteiger partial charge is 0.393 e. The summed E-state index contributed by atoms with van der Waals surface area (Å²) in [5.74, 6) is 0.0867. The van der Waals surface area contributed by atoms with Gasteiger partial charge in [-0.25, -0.2) is 9.18 Å². The van der Waals surface area contributed by atoms with Gasteiger partial charge >= 0.3 is 5.69 Å². The van der Waals surface area contributed by atoms with Gasteiger partial charge in [-0.1, -0.05) is 13.8 Å². The van der Waals surface area contributed by atoms with E-state index in [4.69, 9.17) is 10.5 Å². The number of aliphatic hydroxyl groups excluding tert-OH is 1. The van der Waals surface area contributed by atoms with Crippen molar-refractivity contribution in [2.45, 2.75) is 51.6 Å². The van der Waals surface area contributed by atoms with E-state index >= 15 is 4.39 Å². The van der Waals surface area contributed by atoms with Crippen LogP contribution in [0.4, 0.5) is 10.2 Å². The van der Waals surface area contributed by atoms with Gasteiger partial charge in [-0.05, 0) is 26.8 Å². The Kier molecular flexibility index (Phi) is 3.23. The number of hydrogen-bond acceptors (Lipinski definition) is 5. The number of alkyl halides is 1. The topological polar surface area (TPSA) is 90.4 Å². The smallest absolute Gasteiger partial charge is 0.351 e. The standard InChI is InChI=1S/C14H22FN3O3/c1-11(2)13(4,15)12(3,8-19)21-14(11,5)18-7-6-9(16)17-10(18)20/h6-7,19H,8H2,1-5H3,(H2,16,17,20). The molecule has 0 saturated carbocycles. The zero-order valence-electron chi connectivity index (χ0n) is 13.0. The van der Waals surface area contributed by atoms with Gasteiger partial charge in [-0.3, -0.25) is 4.57 Å². The van der Waals surface area contributed by atoms with Crippen molar-refractivity contribution >= 4 is 5.82 Å². The number of halogens is 1. The van der Waals surface area contributed by atoms with Crippen LogP contribution in [-0.2, 0) is 10.5 Å². The number of rotatable bonds is 2. The van der Waals surface area contributed by atoms with Crippen LogP contribution < -0.4 is 11.4 Å². The lowest BCUT2D eigenvalue weighted by Gasteiger charge is -2.42. The molecule has 0 bridgehead atoms. The first-order valence-corrected chi connectivity index (χ1v) is 6.78. The van der Waals surface area contributed by atoms with E-state index < -0.39 is 34.7 Å². The highest BCUT2D eigenvalue weighted by Crippen LogP contribution is 2.61. The number of hydrogen-bond donors (Lipinski definition) is 2. The minimum absolute atomic E-state index is 0.0867. The van der Waals surface area contributed by atoms with Crippen LogP contribution in [0.1, 0.15) is 34.6 Å². The first kappa shape index (κ1) is 15.9. The predicted molar refractivity (Wildman–Crippen MR) is 76.4 cm³/mol. The molecule has 118 valence electrons. The summed E-state index contributed by atoms with van der Waals surface area (Å²) in [5, 5.41) is 9.60. The zero-order chi connectivity index (χ0) is 16.3. The fourth-order valence-electron chi connectivity index (χ4n) is 3.03. The Morgan fingerprint density at radius 3 is 2.38 bits per heavy atom. The van der Waals surface area contributed by atoms with E-state index in [1.807, 2.05) is 0 Å². The summed E-state index contributed by atoms with van der Waals surface area (Å²) in [5.41, 5.74) is -0.852. The van der Waals surface area contributed by atoms with E-state index in [2.05, 4.69) is 4.98 Å². The fraction of sp³-hybridized carbons (Fsp3) is 0.714. The second-order valence-corrected chi connectivity index (χ2v) is 6.61. The first-order valence-electron chi connectivity index (χ1n) is 6.78. The van der Waals surface area contributed by atoms with Crippen LogP contribution in [0.15, 0.2) is 17.1 Å². The average molecular weight is 299 g/mol. The SMILES string of the molecule is CC1(CO)OC(C)(n2ccc(N)nc2=O)C(C)(C)C1(C)F.